The van der Waals surface area contributed by atoms with Crippen LogP contribution < -0.4 is 4.90 Å². The van der Waals surface area contributed by atoms with Gasteiger partial charge in [0.15, 0.2) is 0 Å². The summed E-state index contributed by atoms with van der Waals surface area (Å²) in [6.07, 6.45) is 0. The molecule has 0 bridgehead atoms. The first kappa shape index (κ1) is 17.0. The van der Waals surface area contributed by atoms with Gasteiger partial charge in [-0.15, -0.1) is 0 Å². The summed E-state index contributed by atoms with van der Waals surface area (Å²) in [6.45, 7) is 11.9. The Bertz CT molecular complexity index is 772. The Morgan fingerprint density at radius 2 is 1.58 bits per heavy atom. The summed E-state index contributed by atoms with van der Waals surface area (Å²) in [5, 5.41) is 0. The first-order chi connectivity index (χ1) is 11.1. The van der Waals surface area contributed by atoms with Crippen molar-refractivity contribution in [2.75, 3.05) is 25.6 Å². The van der Waals surface area contributed by atoms with E-state index in [2.05, 4.69) is 90.0 Å². The molecule has 0 atom stereocenters. The van der Waals surface area contributed by atoms with Gasteiger partial charge in [0.1, 0.15) is 0 Å². The number of rotatable bonds is 2. The van der Waals surface area contributed by atoms with E-state index in [1.54, 1.807) is 0 Å². The molecule has 0 spiro atoms. The van der Waals surface area contributed by atoms with Gasteiger partial charge in [0, 0.05) is 30.8 Å². The molecule has 0 radical (unpaired) electrons. The molecule has 2 aromatic carbocycles. The standard InChI is InChI=1S/C22H29NO/c1-15-12-19-18(21(2,3)14-24-22(19,4)5)13-17(15)16-10-8-9-11-20(16)23(6)7/h8-13H,14H2,1-7H3. The Morgan fingerprint density at radius 1 is 0.917 bits per heavy atom. The van der Waals surface area contributed by atoms with E-state index >= 15 is 0 Å². The van der Waals surface area contributed by atoms with Crippen LogP contribution in [0.15, 0.2) is 36.4 Å². The van der Waals surface area contributed by atoms with Gasteiger partial charge >= 0.3 is 0 Å². The fraction of sp³-hybridized carbons (Fsp3) is 0.455. The molecule has 0 aromatic heterocycles. The summed E-state index contributed by atoms with van der Waals surface area (Å²) in [7, 11) is 4.21. The second-order valence-corrected chi connectivity index (χ2v) is 8.31. The first-order valence-electron chi connectivity index (χ1n) is 8.70. The molecule has 0 saturated heterocycles. The number of hydrogen-bond donors (Lipinski definition) is 0. The van der Waals surface area contributed by atoms with Crippen molar-refractivity contribution in [3.8, 4) is 11.1 Å². The summed E-state index contributed by atoms with van der Waals surface area (Å²) >= 11 is 0. The maximum atomic E-state index is 6.16. The van der Waals surface area contributed by atoms with Crippen LogP contribution >= 0.6 is 0 Å². The minimum Gasteiger partial charge on any atom is -0.377 e. The highest BCUT2D eigenvalue weighted by molar-refractivity contribution is 5.81. The van der Waals surface area contributed by atoms with Crippen molar-refractivity contribution in [2.24, 2.45) is 0 Å². The molecule has 2 aromatic rings. The second-order valence-electron chi connectivity index (χ2n) is 8.31. The van der Waals surface area contributed by atoms with Crippen LogP contribution in [-0.4, -0.2) is 20.7 Å². The molecule has 2 heteroatoms. The van der Waals surface area contributed by atoms with E-state index in [1.165, 1.54) is 33.5 Å². The minimum absolute atomic E-state index is 0.0281. The van der Waals surface area contributed by atoms with Crippen LogP contribution in [0.4, 0.5) is 5.69 Å². The highest BCUT2D eigenvalue weighted by Gasteiger charge is 2.38. The molecule has 1 aliphatic rings. The van der Waals surface area contributed by atoms with Crippen molar-refractivity contribution >= 4 is 5.69 Å². The molecule has 3 rings (SSSR count). The van der Waals surface area contributed by atoms with Crippen LogP contribution in [0.1, 0.15) is 44.4 Å². The summed E-state index contributed by atoms with van der Waals surface area (Å²) in [5.41, 5.74) is 7.71. The molecule has 1 aliphatic heterocycles. The Balaban J connectivity index is 2.27. The van der Waals surface area contributed by atoms with Crippen LogP contribution in [0, 0.1) is 6.92 Å². The summed E-state index contributed by atoms with van der Waals surface area (Å²) in [5.74, 6) is 0. The third-order valence-corrected chi connectivity index (χ3v) is 5.21. The third kappa shape index (κ3) is 2.73. The first-order valence-corrected chi connectivity index (χ1v) is 8.70. The molecular weight excluding hydrogens is 294 g/mol. The number of benzene rings is 2. The molecule has 0 unspecified atom stereocenters. The summed E-state index contributed by atoms with van der Waals surface area (Å²) in [4.78, 5) is 2.19. The topological polar surface area (TPSA) is 12.5 Å². The average Bonchev–Trinajstić information content (AvgIpc) is 2.51. The average molecular weight is 323 g/mol. The van der Waals surface area contributed by atoms with Gasteiger partial charge in [0.2, 0.25) is 0 Å². The Labute approximate surface area is 146 Å². The van der Waals surface area contributed by atoms with Crippen LogP contribution in [0.3, 0.4) is 0 Å². The van der Waals surface area contributed by atoms with Gasteiger partial charge in [0.05, 0.1) is 12.2 Å². The monoisotopic (exact) mass is 323 g/mol. The molecule has 0 saturated carbocycles. The maximum absolute atomic E-state index is 6.16. The second kappa shape index (κ2) is 5.63. The molecular formula is C22H29NO. The van der Waals surface area contributed by atoms with E-state index in [0.29, 0.717) is 0 Å². The molecule has 0 fully saturated rings. The van der Waals surface area contributed by atoms with Gasteiger partial charge in [-0.3, -0.25) is 0 Å². The van der Waals surface area contributed by atoms with E-state index in [1.807, 2.05) is 0 Å². The SMILES string of the molecule is Cc1cc2c(cc1-c1ccccc1N(C)C)C(C)(C)COC2(C)C. The Morgan fingerprint density at radius 3 is 2.25 bits per heavy atom. The maximum Gasteiger partial charge on any atom is 0.0878 e. The van der Waals surface area contributed by atoms with Gasteiger partial charge in [-0.2, -0.15) is 0 Å². The number of nitrogens with zero attached hydrogens (tertiary/aromatic N) is 1. The lowest BCUT2D eigenvalue weighted by Gasteiger charge is -2.42. The fourth-order valence-corrected chi connectivity index (χ4v) is 3.66. The Hall–Kier alpha value is -1.80. The van der Waals surface area contributed by atoms with Crippen LogP contribution in [-0.2, 0) is 15.8 Å². The molecule has 1 heterocycles. The lowest BCUT2D eigenvalue weighted by molar-refractivity contribution is -0.0587. The zero-order chi connectivity index (χ0) is 17.7. The molecule has 2 nitrogen and oxygen atoms in total. The molecule has 0 amide bonds. The number of anilines is 1. The van der Waals surface area contributed by atoms with Gasteiger partial charge in [0.25, 0.3) is 0 Å². The lowest BCUT2D eigenvalue weighted by atomic mass is 9.73. The third-order valence-electron chi connectivity index (χ3n) is 5.21. The summed E-state index contributed by atoms with van der Waals surface area (Å²) in [6, 6.07) is 13.4. The van der Waals surface area contributed by atoms with E-state index < -0.39 is 0 Å². The zero-order valence-electron chi connectivity index (χ0n) is 16.0. The predicted molar refractivity (Wildman–Crippen MR) is 103 cm³/mol. The zero-order valence-corrected chi connectivity index (χ0v) is 16.0. The van der Waals surface area contributed by atoms with Gasteiger partial charge < -0.3 is 9.64 Å². The Kier molecular flexibility index (Phi) is 4.00. The van der Waals surface area contributed by atoms with Crippen LogP contribution in [0.25, 0.3) is 11.1 Å². The van der Waals surface area contributed by atoms with Crippen LogP contribution in [0.2, 0.25) is 0 Å². The molecule has 0 aliphatic carbocycles. The largest absolute Gasteiger partial charge is 0.377 e. The summed E-state index contributed by atoms with van der Waals surface area (Å²) < 4.78 is 6.16. The van der Waals surface area contributed by atoms with Crippen molar-refractivity contribution in [2.45, 2.75) is 45.6 Å². The normalized spacial score (nSPS) is 18.1. The number of aryl methyl sites for hydroxylation is 1. The molecule has 24 heavy (non-hydrogen) atoms. The van der Waals surface area contributed by atoms with Gasteiger partial charge in [-0.25, -0.2) is 0 Å². The predicted octanol–water partition coefficient (Wildman–Crippen LogP) is 5.27. The van der Waals surface area contributed by atoms with Crippen molar-refractivity contribution in [3.63, 3.8) is 0 Å². The van der Waals surface area contributed by atoms with Crippen LogP contribution in [0.5, 0.6) is 0 Å². The van der Waals surface area contributed by atoms with E-state index in [-0.39, 0.29) is 11.0 Å². The van der Waals surface area contributed by atoms with E-state index in [4.69, 9.17) is 4.74 Å². The number of hydrogen-bond acceptors (Lipinski definition) is 2. The van der Waals surface area contributed by atoms with Gasteiger partial charge in [-0.1, -0.05) is 38.1 Å². The lowest BCUT2D eigenvalue weighted by Crippen LogP contribution is -2.40. The van der Waals surface area contributed by atoms with E-state index in [0.717, 1.165) is 6.61 Å². The highest BCUT2D eigenvalue weighted by atomic mass is 16.5. The van der Waals surface area contributed by atoms with Crippen molar-refractivity contribution in [1.82, 2.24) is 0 Å². The van der Waals surface area contributed by atoms with E-state index in [9.17, 15) is 0 Å². The smallest absolute Gasteiger partial charge is 0.0878 e. The van der Waals surface area contributed by atoms with Crippen molar-refractivity contribution in [1.29, 1.82) is 0 Å². The fourth-order valence-electron chi connectivity index (χ4n) is 3.66. The minimum atomic E-state index is -0.227. The van der Waals surface area contributed by atoms with Gasteiger partial charge in [-0.05, 0) is 55.2 Å². The molecule has 0 N–H and O–H groups in total. The highest BCUT2D eigenvalue weighted by Crippen LogP contribution is 2.44. The number of para-hydroxylation sites is 1. The van der Waals surface area contributed by atoms with Crippen molar-refractivity contribution in [3.05, 3.63) is 53.1 Å². The quantitative estimate of drug-likeness (QED) is 0.746. The van der Waals surface area contributed by atoms with Crippen molar-refractivity contribution < 1.29 is 4.74 Å². The number of ether oxygens (including phenoxy) is 1. The number of fused-ring (bicyclic) bond motifs is 1. The molecule has 128 valence electrons.